The molecule has 2 aromatic rings. The van der Waals surface area contributed by atoms with Gasteiger partial charge in [0, 0.05) is 11.8 Å². The topological polar surface area (TPSA) is 149 Å². The van der Waals surface area contributed by atoms with Crippen LogP contribution in [0.4, 0.5) is 0 Å². The highest BCUT2D eigenvalue weighted by atomic mass is 32.1. The molecule has 1 fully saturated rings. The van der Waals surface area contributed by atoms with Crippen molar-refractivity contribution in [1.82, 2.24) is 9.55 Å². The summed E-state index contributed by atoms with van der Waals surface area (Å²) in [5.74, 6) is -1.61. The van der Waals surface area contributed by atoms with Crippen LogP contribution in [-0.4, -0.2) is 62.9 Å². The first-order chi connectivity index (χ1) is 17.6. The second-order valence-electron chi connectivity index (χ2n) is 8.70. The van der Waals surface area contributed by atoms with Gasteiger partial charge in [-0.05, 0) is 32.9 Å². The van der Waals surface area contributed by atoms with Gasteiger partial charge in [-0.25, -0.2) is 9.36 Å². The zero-order valence-electron chi connectivity index (χ0n) is 22.2. The molecule has 36 heavy (non-hydrogen) atoms. The van der Waals surface area contributed by atoms with Crippen LogP contribution in [0.1, 0.15) is 35.3 Å². The Morgan fingerprint density at radius 1 is 1.28 bits per heavy atom. The lowest BCUT2D eigenvalue weighted by molar-refractivity contribution is -0.151. The first-order valence-corrected chi connectivity index (χ1v) is 13.4. The first kappa shape index (κ1) is 25.3. The van der Waals surface area contributed by atoms with Crippen LogP contribution in [-0.2, 0) is 23.4 Å². The first-order valence-electron chi connectivity index (χ1n) is 12.2. The van der Waals surface area contributed by atoms with Gasteiger partial charge in [0.25, 0.3) is 0 Å². The molecule has 1 aliphatic rings. The number of esters is 1. The Morgan fingerprint density at radius 3 is 2.58 bits per heavy atom. The SMILES string of the molecule is [2H]C([2H])(O[P@@](=O)(C[C@@H](C)C(=O)OC(C)C)Oc1ccccc1)[C@@H]1O[C@H](n2cc(C)c(=S)[nH]c2=O)[C@H](O)C1O. The van der Waals surface area contributed by atoms with Crippen LogP contribution in [0.5, 0.6) is 5.75 Å². The molecule has 1 unspecified atom stereocenters. The molecule has 3 rings (SSSR count). The fourth-order valence-corrected chi connectivity index (χ4v) is 5.24. The number of carbonyl (C=O) groups is 1. The number of aromatic nitrogens is 2. The van der Waals surface area contributed by atoms with Crippen LogP contribution < -0.4 is 10.2 Å². The van der Waals surface area contributed by atoms with Crippen molar-refractivity contribution in [3.8, 4) is 5.75 Å². The fraction of sp³-hybridized carbons (Fsp3) is 0.522. The molecular formula is C23H31N2O9PS. The summed E-state index contributed by atoms with van der Waals surface area (Å²) in [6, 6.07) is 7.82. The quantitative estimate of drug-likeness (QED) is 0.232. The monoisotopic (exact) mass is 544 g/mol. The van der Waals surface area contributed by atoms with Gasteiger partial charge in [0.2, 0.25) is 0 Å². The van der Waals surface area contributed by atoms with E-state index in [2.05, 4.69) is 4.98 Å². The van der Waals surface area contributed by atoms with E-state index in [1.807, 2.05) is 0 Å². The zero-order valence-corrected chi connectivity index (χ0v) is 21.9. The van der Waals surface area contributed by atoms with Crippen molar-refractivity contribution in [3.05, 3.63) is 57.2 Å². The molecule has 3 N–H and O–H groups in total. The number of rotatable bonds is 10. The van der Waals surface area contributed by atoms with E-state index in [0.717, 1.165) is 4.57 Å². The molecule has 1 aromatic heterocycles. The van der Waals surface area contributed by atoms with Crippen molar-refractivity contribution in [2.45, 2.75) is 58.3 Å². The van der Waals surface area contributed by atoms with E-state index in [4.69, 9.17) is 33.5 Å². The summed E-state index contributed by atoms with van der Waals surface area (Å²) in [7, 11) is -4.47. The smallest absolute Gasteiger partial charge is 0.380 e. The third-order valence-electron chi connectivity index (χ3n) is 5.21. The predicted octanol–water partition coefficient (Wildman–Crippen LogP) is 2.71. The molecule has 0 radical (unpaired) electrons. The molecule has 0 saturated carbocycles. The van der Waals surface area contributed by atoms with Crippen LogP contribution in [0.25, 0.3) is 0 Å². The normalized spacial score (nSPS) is 25.5. The van der Waals surface area contributed by atoms with Crippen molar-refractivity contribution in [2.75, 3.05) is 12.7 Å². The lowest BCUT2D eigenvalue weighted by Gasteiger charge is -2.24. The second-order valence-corrected chi connectivity index (χ2v) is 11.1. The Morgan fingerprint density at radius 2 is 1.94 bits per heavy atom. The largest absolute Gasteiger partial charge is 0.463 e. The van der Waals surface area contributed by atoms with Crippen LogP contribution in [0.2, 0.25) is 0 Å². The van der Waals surface area contributed by atoms with Crippen molar-refractivity contribution < 1.29 is 40.8 Å². The summed E-state index contributed by atoms with van der Waals surface area (Å²) in [6.07, 6.45) is -6.76. The molecule has 1 saturated heterocycles. The highest BCUT2D eigenvalue weighted by Gasteiger charge is 2.45. The van der Waals surface area contributed by atoms with E-state index in [0.29, 0.717) is 5.56 Å². The van der Waals surface area contributed by atoms with Gasteiger partial charge in [-0.3, -0.25) is 18.9 Å². The molecular weight excluding hydrogens is 511 g/mol. The zero-order chi connectivity index (χ0) is 28.4. The molecule has 0 aliphatic carbocycles. The van der Waals surface area contributed by atoms with Crippen LogP contribution in [0, 0.1) is 17.5 Å². The number of aliphatic hydroxyl groups excluding tert-OH is 2. The van der Waals surface area contributed by atoms with Crippen molar-refractivity contribution >= 4 is 25.8 Å². The highest BCUT2D eigenvalue weighted by molar-refractivity contribution is 7.71. The molecule has 13 heteroatoms. The van der Waals surface area contributed by atoms with E-state index < -0.39 is 68.5 Å². The van der Waals surface area contributed by atoms with Crippen LogP contribution in [0.15, 0.2) is 41.3 Å². The number of aryl methyl sites for hydroxylation is 1. The van der Waals surface area contributed by atoms with Crippen molar-refractivity contribution in [1.29, 1.82) is 0 Å². The Bertz CT molecular complexity index is 1300. The minimum Gasteiger partial charge on any atom is -0.463 e. The number of carbonyl (C=O) groups excluding carboxylic acids is 1. The maximum atomic E-state index is 13.9. The second kappa shape index (κ2) is 11.8. The number of nitrogens with one attached hydrogen (secondary N) is 1. The Balaban J connectivity index is 1.90. The number of nitrogens with zero attached hydrogens (tertiary/aromatic N) is 1. The van der Waals surface area contributed by atoms with Crippen molar-refractivity contribution in [3.63, 3.8) is 0 Å². The molecule has 2 heterocycles. The number of benzene rings is 1. The van der Waals surface area contributed by atoms with E-state index in [1.165, 1.54) is 25.3 Å². The number of hydrogen-bond acceptors (Lipinski definition) is 10. The van der Waals surface area contributed by atoms with Gasteiger partial charge in [-0.1, -0.05) is 37.3 Å². The molecule has 6 atom stereocenters. The van der Waals surface area contributed by atoms with Gasteiger partial charge >= 0.3 is 19.3 Å². The lowest BCUT2D eigenvalue weighted by Crippen LogP contribution is -2.36. The Hall–Kier alpha value is -2.34. The molecule has 0 spiro atoms. The fourth-order valence-electron chi connectivity index (χ4n) is 3.39. The summed E-state index contributed by atoms with van der Waals surface area (Å²) in [5.41, 5.74) is -0.287. The van der Waals surface area contributed by atoms with Gasteiger partial charge in [-0.15, -0.1) is 0 Å². The molecule has 1 aliphatic heterocycles. The highest BCUT2D eigenvalue weighted by Crippen LogP contribution is 2.50. The molecule has 0 amide bonds. The van der Waals surface area contributed by atoms with Gasteiger partial charge in [0.1, 0.15) is 28.7 Å². The minimum absolute atomic E-state index is 0.0865. The maximum Gasteiger partial charge on any atom is 0.380 e. The van der Waals surface area contributed by atoms with E-state index in [9.17, 15) is 24.4 Å². The third-order valence-corrected chi connectivity index (χ3v) is 7.50. The summed E-state index contributed by atoms with van der Waals surface area (Å²) in [4.78, 5) is 27.2. The van der Waals surface area contributed by atoms with Crippen molar-refractivity contribution in [2.24, 2.45) is 5.92 Å². The average Bonchev–Trinajstić information content (AvgIpc) is 3.11. The summed E-state index contributed by atoms with van der Waals surface area (Å²) in [5, 5.41) is 21.3. The minimum atomic E-state index is -4.47. The number of ether oxygens (including phenoxy) is 2. The molecule has 198 valence electrons. The van der Waals surface area contributed by atoms with Gasteiger partial charge < -0.3 is 24.2 Å². The number of para-hydroxylation sites is 1. The molecule has 1 aromatic carbocycles. The number of hydrogen-bond donors (Lipinski definition) is 3. The van der Waals surface area contributed by atoms with Crippen LogP contribution >= 0.6 is 19.8 Å². The predicted molar refractivity (Wildman–Crippen MR) is 132 cm³/mol. The van der Waals surface area contributed by atoms with Gasteiger partial charge in [0.15, 0.2) is 6.23 Å². The number of aliphatic hydroxyl groups is 2. The lowest BCUT2D eigenvalue weighted by atomic mass is 10.1. The standard InChI is InChI=1S/C23H31N2O9PS/c1-13(2)32-22(28)15(4)12-35(30,34-16-8-6-5-7-9-16)31-11-17-18(26)19(27)21(33-17)25-10-14(3)20(36)24-23(25)29/h5-10,13,15,17-19,21,26-27H,11-12H2,1-4H3,(H,24,29,36)/t15-,17+,18?,19-,21+,35+/m1/s1/i11D2. The summed E-state index contributed by atoms with van der Waals surface area (Å²) >= 11 is 5.02. The van der Waals surface area contributed by atoms with E-state index in [1.54, 1.807) is 39.0 Å². The Labute approximate surface area is 216 Å². The number of H-pyrrole nitrogens is 1. The molecule has 0 bridgehead atoms. The maximum absolute atomic E-state index is 13.9. The average molecular weight is 545 g/mol. The Kier molecular flexibility index (Phi) is 8.30. The van der Waals surface area contributed by atoms with E-state index >= 15 is 0 Å². The van der Waals surface area contributed by atoms with Gasteiger partial charge in [0.05, 0.1) is 27.5 Å². The molecule has 11 nitrogen and oxygen atoms in total. The summed E-state index contributed by atoms with van der Waals surface area (Å²) in [6.45, 7) is 3.32. The van der Waals surface area contributed by atoms with Gasteiger partial charge in [-0.2, -0.15) is 0 Å². The number of aromatic amines is 1. The van der Waals surface area contributed by atoms with Crippen LogP contribution in [0.3, 0.4) is 0 Å². The third kappa shape index (κ3) is 6.90. The summed E-state index contributed by atoms with van der Waals surface area (Å²) < 4.78 is 53.6. The van der Waals surface area contributed by atoms with E-state index in [-0.39, 0.29) is 10.4 Å².